The highest BCUT2D eigenvalue weighted by atomic mass is 35.5. The van der Waals surface area contributed by atoms with Crippen LogP contribution in [0.15, 0.2) is 84.5 Å². The Balaban J connectivity index is 2.67. The Labute approximate surface area is 219 Å². The molecule has 0 unspecified atom stereocenters. The first-order valence-corrected chi connectivity index (χ1v) is 14.8. The van der Waals surface area contributed by atoms with Crippen LogP contribution >= 0.6 is 11.6 Å². The van der Waals surface area contributed by atoms with Gasteiger partial charge >= 0.3 is 0 Å². The Morgan fingerprint density at radius 3 is 1.77 bits per heavy atom. The normalized spacial score (nSPS) is 14.7. The first-order chi connectivity index (χ1) is 16.6. The third-order valence-electron chi connectivity index (χ3n) is 6.84. The fraction of sp³-hybridized carbons (Fsp3) is 0.467. The molecule has 2 aromatic carbocycles. The first kappa shape index (κ1) is 29.5. The van der Waals surface area contributed by atoms with Crippen LogP contribution in [0.25, 0.3) is 0 Å². The van der Waals surface area contributed by atoms with Crippen molar-refractivity contribution in [3.63, 3.8) is 0 Å². The van der Waals surface area contributed by atoms with E-state index in [0.717, 1.165) is 24.0 Å². The highest BCUT2D eigenvalue weighted by molar-refractivity contribution is 6.99. The third kappa shape index (κ3) is 7.40. The minimum absolute atomic E-state index is 0.116. The molecule has 2 atom stereocenters. The summed E-state index contributed by atoms with van der Waals surface area (Å²) in [5, 5.41) is 2.41. The van der Waals surface area contributed by atoms with Crippen molar-refractivity contribution in [1.82, 2.24) is 0 Å². The predicted octanol–water partition coefficient (Wildman–Crippen LogP) is 6.71. The van der Waals surface area contributed by atoms with Crippen LogP contribution in [0.2, 0.25) is 5.04 Å². The van der Waals surface area contributed by atoms with Crippen LogP contribution < -0.4 is 10.4 Å². The lowest BCUT2D eigenvalue weighted by atomic mass is 9.89. The molecule has 0 fully saturated rings. The largest absolute Gasteiger partial charge is 0.401 e. The minimum Gasteiger partial charge on any atom is -0.401 e. The second kappa shape index (κ2) is 13.6. The van der Waals surface area contributed by atoms with Crippen molar-refractivity contribution in [1.29, 1.82) is 0 Å². The van der Waals surface area contributed by atoms with Crippen molar-refractivity contribution in [2.45, 2.75) is 64.9 Å². The van der Waals surface area contributed by atoms with E-state index >= 15 is 0 Å². The smallest absolute Gasteiger partial charge is 0.261 e. The molecule has 2 aromatic rings. The highest BCUT2D eigenvalue weighted by Crippen LogP contribution is 2.39. The number of ether oxygens (including phenoxy) is 2. The average molecular weight is 515 g/mol. The molecule has 0 aliphatic carbocycles. The Kier molecular flexibility index (Phi) is 11.5. The molecular formula is C30H43ClO3Si. The molecule has 0 saturated carbocycles. The van der Waals surface area contributed by atoms with E-state index < -0.39 is 8.32 Å². The molecular weight excluding hydrogens is 472 g/mol. The Morgan fingerprint density at radius 1 is 0.914 bits per heavy atom. The van der Waals surface area contributed by atoms with Crippen LogP contribution in [0, 0.1) is 5.92 Å². The van der Waals surface area contributed by atoms with Crippen LogP contribution in [0.4, 0.5) is 0 Å². The molecule has 0 amide bonds. The zero-order chi connectivity index (χ0) is 26.1. The maximum Gasteiger partial charge on any atom is 0.261 e. The summed E-state index contributed by atoms with van der Waals surface area (Å²) < 4.78 is 18.6. The van der Waals surface area contributed by atoms with Crippen LogP contribution in [0.3, 0.4) is 0 Å². The summed E-state index contributed by atoms with van der Waals surface area (Å²) in [6, 6.07) is 21.5. The average Bonchev–Trinajstić information content (AvgIpc) is 2.84. The second-order valence-corrected chi connectivity index (χ2v) is 14.8. The molecule has 5 heteroatoms. The summed E-state index contributed by atoms with van der Waals surface area (Å²) in [7, 11) is 0.620. The number of hydrogen-bond donors (Lipinski definition) is 0. The molecule has 2 rings (SSSR count). The second-order valence-electron chi connectivity index (χ2n) is 10.3. The van der Waals surface area contributed by atoms with Gasteiger partial charge in [0.05, 0.1) is 6.10 Å². The summed E-state index contributed by atoms with van der Waals surface area (Å²) in [4.78, 5) is 0. The lowest BCUT2D eigenvalue weighted by Crippen LogP contribution is -2.67. The van der Waals surface area contributed by atoms with E-state index in [-0.39, 0.29) is 23.4 Å². The number of hydrogen-bond acceptors (Lipinski definition) is 3. The summed E-state index contributed by atoms with van der Waals surface area (Å²) >= 11 is 6.19. The minimum atomic E-state index is -2.74. The lowest BCUT2D eigenvalue weighted by Gasteiger charge is -2.46. The lowest BCUT2D eigenvalue weighted by molar-refractivity contribution is -0.113. The van der Waals surface area contributed by atoms with Gasteiger partial charge in [-0.15, -0.1) is 11.6 Å². The SMILES string of the molecule is C=C(C)[C@@H](CC(OC)OC)C[C@H](O[Si](c1ccccc1)(c1ccccc1)C(C)(C)C)/C(C)=C/CCl. The molecule has 0 spiro atoms. The topological polar surface area (TPSA) is 27.7 Å². The third-order valence-corrected chi connectivity index (χ3v) is 12.0. The van der Waals surface area contributed by atoms with Crippen molar-refractivity contribution in [2.24, 2.45) is 5.92 Å². The van der Waals surface area contributed by atoms with Crippen molar-refractivity contribution in [3.8, 4) is 0 Å². The van der Waals surface area contributed by atoms with Gasteiger partial charge in [-0.1, -0.05) is 99.7 Å². The molecule has 3 nitrogen and oxygen atoms in total. The van der Waals surface area contributed by atoms with Gasteiger partial charge in [0, 0.05) is 26.5 Å². The number of allylic oxidation sites excluding steroid dienone is 2. The monoisotopic (exact) mass is 514 g/mol. The van der Waals surface area contributed by atoms with Crippen LogP contribution in [-0.2, 0) is 13.9 Å². The van der Waals surface area contributed by atoms with Crippen molar-refractivity contribution in [2.75, 3.05) is 20.1 Å². The molecule has 192 valence electrons. The van der Waals surface area contributed by atoms with Crippen LogP contribution in [0.5, 0.6) is 0 Å². The van der Waals surface area contributed by atoms with E-state index in [2.05, 4.69) is 108 Å². The van der Waals surface area contributed by atoms with Gasteiger partial charge < -0.3 is 13.9 Å². The highest BCUT2D eigenvalue weighted by Gasteiger charge is 2.51. The van der Waals surface area contributed by atoms with Crippen LogP contribution in [-0.4, -0.2) is 40.8 Å². The van der Waals surface area contributed by atoms with Gasteiger partial charge in [0.25, 0.3) is 8.32 Å². The Hall–Kier alpha value is -1.69. The summed E-state index contributed by atoms with van der Waals surface area (Å²) in [6.07, 6.45) is 3.15. The van der Waals surface area contributed by atoms with Crippen molar-refractivity contribution >= 4 is 30.3 Å². The maximum atomic E-state index is 7.51. The molecule has 35 heavy (non-hydrogen) atoms. The van der Waals surface area contributed by atoms with E-state index in [1.54, 1.807) is 14.2 Å². The fourth-order valence-corrected chi connectivity index (χ4v) is 9.73. The number of methoxy groups -OCH3 is 2. The van der Waals surface area contributed by atoms with Gasteiger partial charge in [-0.3, -0.25) is 0 Å². The Bertz CT molecular complexity index is 894. The molecule has 0 aliphatic heterocycles. The summed E-state index contributed by atoms with van der Waals surface area (Å²) in [5.74, 6) is 0.616. The number of halogens is 1. The predicted molar refractivity (Wildman–Crippen MR) is 152 cm³/mol. The van der Waals surface area contributed by atoms with Gasteiger partial charge in [-0.25, -0.2) is 0 Å². The molecule has 0 N–H and O–H groups in total. The number of rotatable bonds is 13. The van der Waals surface area contributed by atoms with Crippen LogP contribution in [0.1, 0.15) is 47.5 Å². The van der Waals surface area contributed by atoms with Gasteiger partial charge in [0.1, 0.15) is 0 Å². The van der Waals surface area contributed by atoms with Gasteiger partial charge in [-0.2, -0.15) is 0 Å². The van der Waals surface area contributed by atoms with Crippen molar-refractivity contribution in [3.05, 3.63) is 84.5 Å². The zero-order valence-electron chi connectivity index (χ0n) is 22.5. The molecule has 0 heterocycles. The Morgan fingerprint density at radius 2 is 1.40 bits per heavy atom. The molecule has 0 aromatic heterocycles. The van der Waals surface area contributed by atoms with Gasteiger partial charge in [0.2, 0.25) is 0 Å². The van der Waals surface area contributed by atoms with E-state index in [1.807, 2.05) is 0 Å². The molecule has 0 radical (unpaired) electrons. The van der Waals surface area contributed by atoms with Crippen molar-refractivity contribution < 1.29 is 13.9 Å². The molecule has 0 aliphatic rings. The van der Waals surface area contributed by atoms with E-state index in [1.165, 1.54) is 10.4 Å². The van der Waals surface area contributed by atoms with Gasteiger partial charge in [0.15, 0.2) is 6.29 Å². The van der Waals surface area contributed by atoms with E-state index in [0.29, 0.717) is 5.88 Å². The van der Waals surface area contributed by atoms with E-state index in [4.69, 9.17) is 25.5 Å². The number of alkyl halides is 1. The standard InChI is InChI=1S/C30H43ClO3Si/c1-23(2)25(22-29(32-7)33-8)21-28(24(3)19-20-31)34-35(30(4,5)6,26-15-11-9-12-16-26)27-17-13-10-14-18-27/h9-19,25,28-29H,1,20-22H2,2-8H3/b24-19+/t25-,28+/m1/s1. The fourth-order valence-electron chi connectivity index (χ4n) is 4.76. The summed E-state index contributed by atoms with van der Waals surface area (Å²) in [5.41, 5.74) is 2.24. The molecule has 0 saturated heterocycles. The van der Waals surface area contributed by atoms with Gasteiger partial charge in [-0.05, 0) is 47.2 Å². The maximum absolute atomic E-state index is 7.51. The quantitative estimate of drug-likeness (QED) is 0.129. The number of benzene rings is 2. The summed E-state index contributed by atoms with van der Waals surface area (Å²) in [6.45, 7) is 15.4. The van der Waals surface area contributed by atoms with E-state index in [9.17, 15) is 0 Å². The molecule has 0 bridgehead atoms. The zero-order valence-corrected chi connectivity index (χ0v) is 24.3. The first-order valence-electron chi connectivity index (χ1n) is 12.3.